The monoisotopic (exact) mass is 129 g/mol. The third kappa shape index (κ3) is 1.20. The van der Waals surface area contributed by atoms with Crippen LogP contribution in [0, 0.1) is 11.3 Å². The normalized spacial score (nSPS) is 8.30. The first-order valence-corrected chi connectivity index (χ1v) is 2.86. The zero-order valence-corrected chi connectivity index (χ0v) is 5.28. The maximum Gasteiger partial charge on any atom is 0.170 e. The summed E-state index contributed by atoms with van der Waals surface area (Å²) in [7, 11) is 0. The van der Waals surface area contributed by atoms with E-state index in [-0.39, 0.29) is 5.71 Å². The second kappa shape index (κ2) is 2.79. The van der Waals surface area contributed by atoms with Gasteiger partial charge in [0.25, 0.3) is 0 Å². The van der Waals surface area contributed by atoms with Crippen molar-refractivity contribution >= 4 is 5.71 Å². The Hall–Kier alpha value is -1.62. The van der Waals surface area contributed by atoms with E-state index in [1.54, 1.807) is 30.3 Å². The van der Waals surface area contributed by atoms with Gasteiger partial charge in [0, 0.05) is 5.56 Å². The Morgan fingerprint density at radius 2 is 1.80 bits per heavy atom. The minimum atomic E-state index is -0.236. The van der Waals surface area contributed by atoms with Gasteiger partial charge in [-0.2, -0.15) is 5.26 Å². The molecule has 2 heteroatoms. The highest BCUT2D eigenvalue weighted by Crippen LogP contribution is 1.96. The molecule has 0 saturated carbocycles. The highest BCUT2D eigenvalue weighted by Gasteiger charge is 1.96. The summed E-state index contributed by atoms with van der Waals surface area (Å²) in [5, 5.41) is 17.1. The standard InChI is InChI=1S/C8H5N2/c9-6-8(10)7-4-2-1-3-5-7/h1-5H. The quantitative estimate of drug-likeness (QED) is 0.517. The Kier molecular flexibility index (Phi) is 1.81. The van der Waals surface area contributed by atoms with Crippen LogP contribution in [0.15, 0.2) is 30.3 Å². The van der Waals surface area contributed by atoms with Crippen LogP contribution >= 0.6 is 0 Å². The molecule has 2 nitrogen and oxygen atoms in total. The molecular weight excluding hydrogens is 124 g/mol. The average Bonchev–Trinajstić information content (AvgIpc) is 2.05. The van der Waals surface area contributed by atoms with Crippen molar-refractivity contribution in [3.8, 4) is 6.07 Å². The Balaban J connectivity index is 2.99. The summed E-state index contributed by atoms with van der Waals surface area (Å²) >= 11 is 0. The van der Waals surface area contributed by atoms with Gasteiger partial charge in [0.15, 0.2) is 5.71 Å². The van der Waals surface area contributed by atoms with Crippen LogP contribution in [-0.2, 0) is 0 Å². The van der Waals surface area contributed by atoms with Crippen LogP contribution < -0.4 is 5.41 Å². The van der Waals surface area contributed by atoms with Crippen molar-refractivity contribution in [2.45, 2.75) is 0 Å². The van der Waals surface area contributed by atoms with Gasteiger partial charge < -0.3 is 0 Å². The Morgan fingerprint density at radius 3 is 2.30 bits per heavy atom. The van der Waals surface area contributed by atoms with Gasteiger partial charge in [-0.3, -0.25) is 0 Å². The van der Waals surface area contributed by atoms with Gasteiger partial charge in [0.2, 0.25) is 0 Å². The van der Waals surface area contributed by atoms with Crippen LogP contribution in [0.5, 0.6) is 0 Å². The molecule has 0 aliphatic carbocycles. The van der Waals surface area contributed by atoms with Crippen molar-refractivity contribution in [1.29, 1.82) is 5.26 Å². The summed E-state index contributed by atoms with van der Waals surface area (Å²) in [6.07, 6.45) is 0. The van der Waals surface area contributed by atoms with Gasteiger partial charge in [-0.25, -0.2) is 0 Å². The number of nitriles is 1. The predicted molar refractivity (Wildman–Crippen MR) is 38.3 cm³/mol. The lowest BCUT2D eigenvalue weighted by Gasteiger charge is -1.89. The second-order valence-corrected chi connectivity index (χ2v) is 1.83. The van der Waals surface area contributed by atoms with Gasteiger partial charge in [-0.15, -0.1) is 5.41 Å². The fourth-order valence-electron chi connectivity index (χ4n) is 0.661. The van der Waals surface area contributed by atoms with Crippen molar-refractivity contribution in [2.24, 2.45) is 0 Å². The van der Waals surface area contributed by atoms with Crippen LogP contribution in [0.3, 0.4) is 0 Å². The molecule has 1 radical (unpaired) electrons. The maximum absolute atomic E-state index is 8.88. The van der Waals surface area contributed by atoms with E-state index in [9.17, 15) is 0 Å². The molecule has 0 aliphatic heterocycles. The Labute approximate surface area is 59.2 Å². The maximum atomic E-state index is 8.88. The molecule has 0 fully saturated rings. The van der Waals surface area contributed by atoms with Crippen molar-refractivity contribution in [3.05, 3.63) is 35.9 Å². The van der Waals surface area contributed by atoms with Crippen molar-refractivity contribution in [3.63, 3.8) is 0 Å². The first-order chi connectivity index (χ1) is 4.84. The number of nitrogens with zero attached hydrogens (tertiary/aromatic N) is 2. The molecule has 0 amide bonds. The molecule has 0 spiro atoms. The molecular formula is C8H5N2. The second-order valence-electron chi connectivity index (χ2n) is 1.83. The molecule has 0 atom stereocenters. The number of rotatable bonds is 1. The molecule has 0 N–H and O–H groups in total. The molecule has 0 aliphatic rings. The van der Waals surface area contributed by atoms with Crippen LogP contribution in [0.4, 0.5) is 0 Å². The topological polar surface area (TPSA) is 46.1 Å². The first-order valence-electron chi connectivity index (χ1n) is 2.86. The minimum absolute atomic E-state index is 0.236. The van der Waals surface area contributed by atoms with Crippen LogP contribution in [0.1, 0.15) is 5.56 Å². The predicted octanol–water partition coefficient (Wildman–Crippen LogP) is 0.799. The van der Waals surface area contributed by atoms with E-state index in [1.807, 2.05) is 6.07 Å². The Bertz CT molecular complexity index is 269. The van der Waals surface area contributed by atoms with Gasteiger partial charge in [0.05, 0.1) is 0 Å². The fraction of sp³-hybridized carbons (Fsp3) is 0. The molecule has 1 aromatic rings. The molecule has 0 aromatic heterocycles. The van der Waals surface area contributed by atoms with Crippen LogP contribution in [0.25, 0.3) is 0 Å². The lowest BCUT2D eigenvalue weighted by atomic mass is 10.1. The van der Waals surface area contributed by atoms with E-state index in [4.69, 9.17) is 10.7 Å². The average molecular weight is 129 g/mol. The summed E-state index contributed by atoms with van der Waals surface area (Å²) in [5.41, 5.74) is 0.325. The number of hydrogen-bond acceptors (Lipinski definition) is 1. The largest absolute Gasteiger partial charge is 0.191 e. The smallest absolute Gasteiger partial charge is 0.170 e. The molecule has 47 valence electrons. The van der Waals surface area contributed by atoms with Crippen molar-refractivity contribution in [2.75, 3.05) is 0 Å². The molecule has 1 aromatic carbocycles. The summed E-state index contributed by atoms with van der Waals surface area (Å²) in [6, 6.07) is 10.4. The lowest BCUT2D eigenvalue weighted by molar-refractivity contribution is 1.53. The van der Waals surface area contributed by atoms with Gasteiger partial charge >= 0.3 is 0 Å². The Morgan fingerprint density at radius 1 is 1.20 bits per heavy atom. The third-order valence-corrected chi connectivity index (χ3v) is 1.15. The summed E-state index contributed by atoms with van der Waals surface area (Å²) in [4.78, 5) is 0. The molecule has 0 heterocycles. The van der Waals surface area contributed by atoms with Gasteiger partial charge in [-0.05, 0) is 0 Å². The number of hydrogen-bond donors (Lipinski definition) is 0. The first kappa shape index (κ1) is 6.50. The third-order valence-electron chi connectivity index (χ3n) is 1.15. The molecule has 0 bridgehead atoms. The van der Waals surface area contributed by atoms with Crippen molar-refractivity contribution in [1.82, 2.24) is 5.41 Å². The highest BCUT2D eigenvalue weighted by atomic mass is 14.4. The zero-order chi connectivity index (χ0) is 7.40. The summed E-state index contributed by atoms with van der Waals surface area (Å²) in [6.45, 7) is 0. The lowest BCUT2D eigenvalue weighted by Crippen LogP contribution is -1.95. The molecule has 10 heavy (non-hydrogen) atoms. The van der Waals surface area contributed by atoms with E-state index in [2.05, 4.69) is 0 Å². The molecule has 1 rings (SSSR count). The van der Waals surface area contributed by atoms with Gasteiger partial charge in [-0.1, -0.05) is 30.3 Å². The number of benzene rings is 1. The van der Waals surface area contributed by atoms with E-state index >= 15 is 0 Å². The van der Waals surface area contributed by atoms with E-state index < -0.39 is 0 Å². The summed E-state index contributed by atoms with van der Waals surface area (Å²) < 4.78 is 0. The minimum Gasteiger partial charge on any atom is -0.191 e. The van der Waals surface area contributed by atoms with Crippen molar-refractivity contribution < 1.29 is 0 Å². The van der Waals surface area contributed by atoms with Crippen LogP contribution in [0.2, 0.25) is 0 Å². The molecule has 0 saturated heterocycles. The zero-order valence-electron chi connectivity index (χ0n) is 5.28. The van der Waals surface area contributed by atoms with E-state index in [0.717, 1.165) is 0 Å². The highest BCUT2D eigenvalue weighted by molar-refractivity contribution is 6.10. The SMILES string of the molecule is [N]=C(C#N)c1ccccc1. The van der Waals surface area contributed by atoms with E-state index in [0.29, 0.717) is 5.56 Å². The summed E-state index contributed by atoms with van der Waals surface area (Å²) in [5.74, 6) is 0. The van der Waals surface area contributed by atoms with Gasteiger partial charge in [0.1, 0.15) is 6.07 Å². The fourth-order valence-corrected chi connectivity index (χ4v) is 0.661. The van der Waals surface area contributed by atoms with E-state index in [1.165, 1.54) is 0 Å². The van der Waals surface area contributed by atoms with Crippen LogP contribution in [-0.4, -0.2) is 5.71 Å². The molecule has 0 unspecified atom stereocenters.